The monoisotopic (exact) mass is 281 g/mol. The van der Waals surface area contributed by atoms with Gasteiger partial charge in [0.15, 0.2) is 0 Å². The van der Waals surface area contributed by atoms with Gasteiger partial charge in [0.05, 0.1) is 36.7 Å². The number of aromatic nitrogens is 4. The van der Waals surface area contributed by atoms with E-state index in [9.17, 15) is 0 Å². The highest BCUT2D eigenvalue weighted by Crippen LogP contribution is 2.23. The Morgan fingerprint density at radius 1 is 1.19 bits per heavy atom. The number of imidazole rings is 1. The van der Waals surface area contributed by atoms with Crippen LogP contribution in [0, 0.1) is 0 Å². The fourth-order valence-corrected chi connectivity index (χ4v) is 2.07. The van der Waals surface area contributed by atoms with E-state index in [1.54, 1.807) is 24.9 Å². The van der Waals surface area contributed by atoms with E-state index in [0.717, 1.165) is 16.9 Å². The maximum absolute atomic E-state index is 5.74. The molecule has 0 aliphatic rings. The Kier molecular flexibility index (Phi) is 3.51. The molecule has 0 bridgehead atoms. The summed E-state index contributed by atoms with van der Waals surface area (Å²) in [5.41, 5.74) is 8.52. The molecule has 2 N–H and O–H groups in total. The van der Waals surface area contributed by atoms with Crippen molar-refractivity contribution in [3.8, 4) is 22.8 Å². The normalized spacial score (nSPS) is 10.5. The second-order valence-corrected chi connectivity index (χ2v) is 4.41. The summed E-state index contributed by atoms with van der Waals surface area (Å²) in [5, 5.41) is 0. The lowest BCUT2D eigenvalue weighted by Crippen LogP contribution is -1.99. The summed E-state index contributed by atoms with van der Waals surface area (Å²) in [5.74, 6) is 1.08. The lowest BCUT2D eigenvalue weighted by molar-refractivity contribution is 0.327. The molecule has 0 aromatic carbocycles. The first kappa shape index (κ1) is 13.1. The topological polar surface area (TPSA) is 78.8 Å². The largest absolute Gasteiger partial charge is 0.478 e. The molecule has 0 saturated carbocycles. The van der Waals surface area contributed by atoms with Gasteiger partial charge >= 0.3 is 0 Å². The first-order valence-electron chi connectivity index (χ1n) is 6.61. The maximum atomic E-state index is 5.74. The summed E-state index contributed by atoms with van der Waals surface area (Å²) >= 11 is 0. The first-order chi connectivity index (χ1) is 10.3. The molecule has 0 saturated heterocycles. The van der Waals surface area contributed by atoms with E-state index in [-0.39, 0.29) is 0 Å². The SMILES string of the molecule is CCOc1ccc(-n2cncc2-c2ccnc(N)c2)cn1. The Balaban J connectivity index is 1.98. The van der Waals surface area contributed by atoms with E-state index in [1.165, 1.54) is 0 Å². The summed E-state index contributed by atoms with van der Waals surface area (Å²) in [6.07, 6.45) is 6.95. The van der Waals surface area contributed by atoms with Gasteiger partial charge in [0.25, 0.3) is 0 Å². The Morgan fingerprint density at radius 2 is 2.10 bits per heavy atom. The maximum Gasteiger partial charge on any atom is 0.213 e. The number of rotatable bonds is 4. The van der Waals surface area contributed by atoms with Gasteiger partial charge in [-0.15, -0.1) is 0 Å². The number of nitrogen functional groups attached to an aromatic ring is 1. The summed E-state index contributed by atoms with van der Waals surface area (Å²) in [6.45, 7) is 2.52. The molecule has 0 amide bonds. The van der Waals surface area contributed by atoms with Crippen molar-refractivity contribution in [2.75, 3.05) is 12.3 Å². The van der Waals surface area contributed by atoms with Crippen molar-refractivity contribution in [3.63, 3.8) is 0 Å². The van der Waals surface area contributed by atoms with Crippen LogP contribution in [-0.4, -0.2) is 26.1 Å². The molecular weight excluding hydrogens is 266 g/mol. The van der Waals surface area contributed by atoms with Gasteiger partial charge in [-0.2, -0.15) is 0 Å². The van der Waals surface area contributed by atoms with E-state index >= 15 is 0 Å². The minimum atomic E-state index is 0.477. The van der Waals surface area contributed by atoms with Crippen molar-refractivity contribution in [1.82, 2.24) is 19.5 Å². The Labute approximate surface area is 122 Å². The molecule has 0 fully saturated rings. The molecule has 0 unspecified atom stereocenters. The smallest absolute Gasteiger partial charge is 0.213 e. The number of nitrogens with two attached hydrogens (primary N) is 1. The fraction of sp³-hybridized carbons (Fsp3) is 0.133. The van der Waals surface area contributed by atoms with E-state index in [4.69, 9.17) is 10.5 Å². The highest BCUT2D eigenvalue weighted by molar-refractivity contribution is 5.64. The number of ether oxygens (including phenoxy) is 1. The zero-order valence-electron chi connectivity index (χ0n) is 11.6. The van der Waals surface area contributed by atoms with Gasteiger partial charge in [-0.25, -0.2) is 15.0 Å². The molecule has 3 rings (SSSR count). The highest BCUT2D eigenvalue weighted by atomic mass is 16.5. The summed E-state index contributed by atoms with van der Waals surface area (Å²) in [6, 6.07) is 7.48. The van der Waals surface area contributed by atoms with Gasteiger partial charge in [0, 0.05) is 17.8 Å². The third-order valence-corrected chi connectivity index (χ3v) is 3.01. The van der Waals surface area contributed by atoms with Crippen LogP contribution in [0.5, 0.6) is 5.88 Å². The van der Waals surface area contributed by atoms with Crippen LogP contribution >= 0.6 is 0 Å². The second-order valence-electron chi connectivity index (χ2n) is 4.41. The zero-order chi connectivity index (χ0) is 14.7. The van der Waals surface area contributed by atoms with Crippen molar-refractivity contribution in [2.24, 2.45) is 0 Å². The van der Waals surface area contributed by atoms with Crippen molar-refractivity contribution < 1.29 is 4.74 Å². The van der Waals surface area contributed by atoms with Gasteiger partial charge < -0.3 is 10.5 Å². The number of hydrogen-bond acceptors (Lipinski definition) is 5. The third kappa shape index (κ3) is 2.69. The first-order valence-corrected chi connectivity index (χ1v) is 6.61. The van der Waals surface area contributed by atoms with Crippen molar-refractivity contribution in [2.45, 2.75) is 6.92 Å². The number of anilines is 1. The van der Waals surface area contributed by atoms with E-state index in [1.807, 2.05) is 35.8 Å². The molecule has 3 heterocycles. The third-order valence-electron chi connectivity index (χ3n) is 3.01. The average molecular weight is 281 g/mol. The number of nitrogens with zero attached hydrogens (tertiary/aromatic N) is 4. The molecule has 0 atom stereocenters. The Hall–Kier alpha value is -2.89. The molecule has 106 valence electrons. The zero-order valence-corrected chi connectivity index (χ0v) is 11.6. The molecule has 21 heavy (non-hydrogen) atoms. The molecule has 6 nitrogen and oxygen atoms in total. The lowest BCUT2D eigenvalue weighted by Gasteiger charge is -2.09. The van der Waals surface area contributed by atoms with Crippen molar-refractivity contribution in [1.29, 1.82) is 0 Å². The number of hydrogen-bond donors (Lipinski definition) is 1. The molecular formula is C15H15N5O. The predicted molar refractivity (Wildman–Crippen MR) is 80.2 cm³/mol. The minimum absolute atomic E-state index is 0.477. The molecule has 3 aromatic rings. The van der Waals surface area contributed by atoms with Gasteiger partial charge in [0.1, 0.15) is 5.82 Å². The van der Waals surface area contributed by atoms with Crippen LogP contribution in [0.15, 0.2) is 49.2 Å². The molecule has 3 aromatic heterocycles. The van der Waals surface area contributed by atoms with Gasteiger partial charge in [-0.05, 0) is 25.1 Å². The van der Waals surface area contributed by atoms with Crippen LogP contribution < -0.4 is 10.5 Å². The summed E-state index contributed by atoms with van der Waals surface area (Å²) in [7, 11) is 0. The molecule has 6 heteroatoms. The van der Waals surface area contributed by atoms with E-state index in [2.05, 4.69) is 15.0 Å². The summed E-state index contributed by atoms with van der Waals surface area (Å²) < 4.78 is 7.29. The van der Waals surface area contributed by atoms with Gasteiger partial charge in [-0.3, -0.25) is 4.57 Å². The number of pyridine rings is 2. The van der Waals surface area contributed by atoms with Crippen LogP contribution in [0.3, 0.4) is 0 Å². The average Bonchev–Trinajstić information content (AvgIpc) is 2.98. The quantitative estimate of drug-likeness (QED) is 0.794. The summed E-state index contributed by atoms with van der Waals surface area (Å²) in [4.78, 5) is 12.5. The molecule has 0 spiro atoms. The van der Waals surface area contributed by atoms with Gasteiger partial charge in [0.2, 0.25) is 5.88 Å². The molecule has 0 aliphatic carbocycles. The van der Waals surface area contributed by atoms with Crippen LogP contribution in [0.25, 0.3) is 16.9 Å². The Morgan fingerprint density at radius 3 is 2.81 bits per heavy atom. The highest BCUT2D eigenvalue weighted by Gasteiger charge is 2.08. The van der Waals surface area contributed by atoms with Crippen LogP contribution in [0.2, 0.25) is 0 Å². The lowest BCUT2D eigenvalue weighted by atomic mass is 10.2. The molecule has 0 aliphatic heterocycles. The second kappa shape index (κ2) is 5.62. The molecule has 0 radical (unpaired) electrons. The van der Waals surface area contributed by atoms with Crippen molar-refractivity contribution >= 4 is 5.82 Å². The van der Waals surface area contributed by atoms with E-state index < -0.39 is 0 Å². The fourth-order valence-electron chi connectivity index (χ4n) is 2.07. The standard InChI is InChI=1S/C15H15N5O/c1-2-21-15-4-3-12(8-19-15)20-10-17-9-13(20)11-5-6-18-14(16)7-11/h3-10H,2H2,1H3,(H2,16,18). The van der Waals surface area contributed by atoms with Crippen LogP contribution in [0.4, 0.5) is 5.82 Å². The van der Waals surface area contributed by atoms with E-state index in [0.29, 0.717) is 18.3 Å². The minimum Gasteiger partial charge on any atom is -0.478 e. The van der Waals surface area contributed by atoms with Crippen LogP contribution in [-0.2, 0) is 0 Å². The Bertz CT molecular complexity index is 736. The van der Waals surface area contributed by atoms with Gasteiger partial charge in [-0.1, -0.05) is 0 Å². The van der Waals surface area contributed by atoms with Crippen LogP contribution in [0.1, 0.15) is 6.92 Å². The van der Waals surface area contributed by atoms with Crippen molar-refractivity contribution in [3.05, 3.63) is 49.2 Å². The predicted octanol–water partition coefficient (Wildman–Crippen LogP) is 2.31.